The Morgan fingerprint density at radius 2 is 1.05 bits per heavy atom. The van der Waals surface area contributed by atoms with Crippen LogP contribution >= 0.6 is 0 Å². The molecule has 0 aliphatic heterocycles. The smallest absolute Gasteiger partial charge is 0.0316 e. The van der Waals surface area contributed by atoms with Crippen LogP contribution in [-0.4, -0.2) is 0 Å². The Morgan fingerprint density at radius 3 is 1.57 bits per heavy atom. The molecule has 0 aliphatic carbocycles. The van der Waals surface area contributed by atoms with Crippen molar-refractivity contribution in [3.05, 3.63) is 24.3 Å². The van der Waals surface area contributed by atoms with Gasteiger partial charge in [-0.15, -0.1) is 0 Å². The maximum atomic E-state index is 2.38. The van der Waals surface area contributed by atoms with E-state index in [1.54, 1.807) is 0 Å². The van der Waals surface area contributed by atoms with E-state index in [1.165, 1.54) is 77.0 Å². The minimum Gasteiger partial charge on any atom is -0.0885 e. The zero-order valence-electron chi connectivity index (χ0n) is 15.3. The highest BCUT2D eigenvalue weighted by atomic mass is 14.1. The van der Waals surface area contributed by atoms with E-state index in [2.05, 4.69) is 52.0 Å². The van der Waals surface area contributed by atoms with Gasteiger partial charge in [0.05, 0.1) is 0 Å². The molecule has 0 aromatic heterocycles. The van der Waals surface area contributed by atoms with Crippen LogP contribution in [0.4, 0.5) is 0 Å². The van der Waals surface area contributed by atoms with E-state index in [-0.39, 0.29) is 0 Å². The van der Waals surface area contributed by atoms with Crippen LogP contribution in [0.5, 0.6) is 0 Å². The molecule has 0 saturated heterocycles. The molecule has 124 valence electrons. The Hall–Kier alpha value is -0.520. The van der Waals surface area contributed by atoms with Gasteiger partial charge >= 0.3 is 0 Å². The summed E-state index contributed by atoms with van der Waals surface area (Å²) in [6.45, 7) is 9.29. The van der Waals surface area contributed by atoms with Gasteiger partial charge in [0, 0.05) is 0 Å². The largest absolute Gasteiger partial charge is 0.0885 e. The van der Waals surface area contributed by atoms with Gasteiger partial charge in [0.25, 0.3) is 0 Å². The van der Waals surface area contributed by atoms with E-state index in [4.69, 9.17) is 0 Å². The van der Waals surface area contributed by atoms with Crippen molar-refractivity contribution in [1.82, 2.24) is 0 Å². The molecule has 0 aromatic carbocycles. The van der Waals surface area contributed by atoms with E-state index >= 15 is 0 Å². The first-order chi connectivity index (χ1) is 10.1. The Labute approximate surface area is 135 Å². The molecule has 0 nitrogen and oxygen atoms in total. The normalized spacial score (nSPS) is 12.8. The van der Waals surface area contributed by atoms with Crippen molar-refractivity contribution in [2.24, 2.45) is 5.41 Å². The first-order valence-corrected chi connectivity index (χ1v) is 9.36. The van der Waals surface area contributed by atoms with Crippen LogP contribution in [0.25, 0.3) is 0 Å². The second-order valence-electron chi connectivity index (χ2n) is 7.53. The number of allylic oxidation sites excluding steroid dienone is 4. The van der Waals surface area contributed by atoms with Gasteiger partial charge < -0.3 is 0 Å². The summed E-state index contributed by atoms with van der Waals surface area (Å²) >= 11 is 0. The van der Waals surface area contributed by atoms with Gasteiger partial charge in [0.15, 0.2) is 0 Å². The highest BCUT2D eigenvalue weighted by Crippen LogP contribution is 2.22. The molecule has 0 atom stereocenters. The van der Waals surface area contributed by atoms with Crippen molar-refractivity contribution in [1.29, 1.82) is 0 Å². The molecule has 21 heavy (non-hydrogen) atoms. The summed E-state index contributed by atoms with van der Waals surface area (Å²) < 4.78 is 0. The van der Waals surface area contributed by atoms with Crippen LogP contribution < -0.4 is 0 Å². The number of hydrogen-bond acceptors (Lipinski definition) is 0. The van der Waals surface area contributed by atoms with Gasteiger partial charge in [0.1, 0.15) is 0 Å². The van der Waals surface area contributed by atoms with Crippen LogP contribution in [0.3, 0.4) is 0 Å². The lowest BCUT2D eigenvalue weighted by molar-refractivity contribution is 0.357. The van der Waals surface area contributed by atoms with Gasteiger partial charge in [-0.1, -0.05) is 84.1 Å². The zero-order chi connectivity index (χ0) is 15.8. The summed E-state index contributed by atoms with van der Waals surface area (Å²) in [5, 5.41) is 0. The molecule has 0 aliphatic rings. The van der Waals surface area contributed by atoms with Crippen LogP contribution in [-0.2, 0) is 0 Å². The quantitative estimate of drug-likeness (QED) is 0.239. The van der Waals surface area contributed by atoms with Crippen molar-refractivity contribution in [3.8, 4) is 0 Å². The predicted octanol–water partition coefficient (Wildman–Crippen LogP) is 7.85. The van der Waals surface area contributed by atoms with E-state index < -0.39 is 0 Å². The molecule has 0 aromatic rings. The van der Waals surface area contributed by atoms with E-state index in [9.17, 15) is 0 Å². The molecule has 0 rings (SSSR count). The molecule has 0 N–H and O–H groups in total. The first kappa shape index (κ1) is 20.5. The molecular formula is C21H40. The molecule has 0 heterocycles. The Bertz CT molecular complexity index is 252. The average molecular weight is 293 g/mol. The highest BCUT2D eigenvalue weighted by Gasteiger charge is 2.08. The molecular weight excluding hydrogens is 252 g/mol. The van der Waals surface area contributed by atoms with Crippen LogP contribution in [0.2, 0.25) is 0 Å². The lowest BCUT2D eigenvalue weighted by Crippen LogP contribution is -2.03. The third-order valence-corrected chi connectivity index (χ3v) is 3.86. The van der Waals surface area contributed by atoms with Gasteiger partial charge in [-0.3, -0.25) is 0 Å². The van der Waals surface area contributed by atoms with E-state index in [0.717, 1.165) is 0 Å². The summed E-state index contributed by atoms with van der Waals surface area (Å²) in [6.07, 6.45) is 25.4. The summed E-state index contributed by atoms with van der Waals surface area (Å²) in [7, 11) is 0. The molecule has 0 amide bonds. The SMILES string of the molecule is CCCCC/C=C\CC/C=C\CCCCCCC(C)(C)C. The third kappa shape index (κ3) is 19.5. The number of hydrogen-bond donors (Lipinski definition) is 0. The fraction of sp³-hybridized carbons (Fsp3) is 0.810. The van der Waals surface area contributed by atoms with Crippen LogP contribution in [0.1, 0.15) is 105 Å². The topological polar surface area (TPSA) is 0 Å². The van der Waals surface area contributed by atoms with Gasteiger partial charge in [-0.25, -0.2) is 0 Å². The third-order valence-electron chi connectivity index (χ3n) is 3.86. The van der Waals surface area contributed by atoms with Crippen LogP contribution in [0, 0.1) is 5.41 Å². The number of rotatable bonds is 13. The fourth-order valence-corrected chi connectivity index (χ4v) is 2.45. The van der Waals surface area contributed by atoms with E-state index in [1.807, 2.05) is 0 Å². The zero-order valence-corrected chi connectivity index (χ0v) is 15.3. The van der Waals surface area contributed by atoms with Crippen molar-refractivity contribution in [3.63, 3.8) is 0 Å². The number of unbranched alkanes of at least 4 members (excludes halogenated alkanes) is 8. The monoisotopic (exact) mass is 292 g/mol. The van der Waals surface area contributed by atoms with Gasteiger partial charge in [0.2, 0.25) is 0 Å². The molecule has 0 heteroatoms. The second-order valence-corrected chi connectivity index (χ2v) is 7.53. The molecule has 0 unspecified atom stereocenters. The lowest BCUT2D eigenvalue weighted by atomic mass is 9.89. The summed E-state index contributed by atoms with van der Waals surface area (Å²) in [6, 6.07) is 0. The van der Waals surface area contributed by atoms with Crippen molar-refractivity contribution in [2.75, 3.05) is 0 Å². The van der Waals surface area contributed by atoms with Crippen molar-refractivity contribution in [2.45, 2.75) is 105 Å². The minimum absolute atomic E-state index is 0.518. The Morgan fingerprint density at radius 1 is 0.571 bits per heavy atom. The summed E-state index contributed by atoms with van der Waals surface area (Å²) in [4.78, 5) is 0. The molecule has 0 fully saturated rings. The lowest BCUT2D eigenvalue weighted by Gasteiger charge is -2.17. The van der Waals surface area contributed by atoms with Crippen molar-refractivity contribution < 1.29 is 0 Å². The predicted molar refractivity (Wildman–Crippen MR) is 98.8 cm³/mol. The fourth-order valence-electron chi connectivity index (χ4n) is 2.45. The van der Waals surface area contributed by atoms with Gasteiger partial charge in [-0.2, -0.15) is 0 Å². The Kier molecular flexibility index (Phi) is 14.1. The molecule has 0 saturated carbocycles. The van der Waals surface area contributed by atoms with E-state index in [0.29, 0.717) is 5.41 Å². The van der Waals surface area contributed by atoms with Gasteiger partial charge in [-0.05, 0) is 50.4 Å². The second kappa shape index (κ2) is 14.4. The van der Waals surface area contributed by atoms with Crippen molar-refractivity contribution >= 4 is 0 Å². The maximum Gasteiger partial charge on any atom is -0.0316 e. The molecule has 0 spiro atoms. The summed E-state index contributed by atoms with van der Waals surface area (Å²) in [5.41, 5.74) is 0.518. The standard InChI is InChI=1S/C21H40/c1-5-6-7-8-9-10-11-12-13-14-15-16-17-18-19-20-21(2,3)4/h9-10,13-14H,5-8,11-12,15-20H2,1-4H3/b10-9-,14-13-. The highest BCUT2D eigenvalue weighted by molar-refractivity contribution is 4.88. The van der Waals surface area contributed by atoms with Crippen LogP contribution in [0.15, 0.2) is 24.3 Å². The first-order valence-electron chi connectivity index (χ1n) is 9.36. The molecule has 0 bridgehead atoms. The summed E-state index contributed by atoms with van der Waals surface area (Å²) in [5.74, 6) is 0. The molecule has 0 radical (unpaired) electrons. The average Bonchev–Trinajstić information content (AvgIpc) is 2.42. The maximum absolute atomic E-state index is 2.38. The Balaban J connectivity index is 3.22. The minimum atomic E-state index is 0.518.